The van der Waals surface area contributed by atoms with Gasteiger partial charge in [-0.2, -0.15) is 0 Å². The van der Waals surface area contributed by atoms with E-state index in [9.17, 15) is 0 Å². The summed E-state index contributed by atoms with van der Waals surface area (Å²) in [5.74, 6) is 4.64. The van der Waals surface area contributed by atoms with Crippen molar-refractivity contribution in [3.63, 3.8) is 0 Å². The molecule has 66 valence electrons. The largest absolute Gasteiger partial charge is 0.146 e. The van der Waals surface area contributed by atoms with Crippen LogP contribution in [0.2, 0.25) is 18.0 Å². The molecule has 0 amide bonds. The molecule has 2 aliphatic heterocycles. The van der Waals surface area contributed by atoms with Gasteiger partial charge in [0.1, 0.15) is 6.71 Å². The second-order valence-electron chi connectivity index (χ2n) is 5.50. The molecule has 0 aromatic carbocycles. The number of rotatable bonds is 1. The molecule has 0 radical (unpaired) electrons. The first-order valence-corrected chi connectivity index (χ1v) is 5.86. The Labute approximate surface area is 76.2 Å². The summed E-state index contributed by atoms with van der Waals surface area (Å²) in [6, 6.07) is 0. The van der Waals surface area contributed by atoms with Gasteiger partial charge in [-0.05, 0) is 18.3 Å². The summed E-state index contributed by atoms with van der Waals surface area (Å²) in [7, 11) is 0. The molecule has 4 rings (SSSR count). The van der Waals surface area contributed by atoms with Gasteiger partial charge in [0.15, 0.2) is 0 Å². The molecule has 4 fully saturated rings. The molecule has 0 unspecified atom stereocenters. The quantitative estimate of drug-likeness (QED) is 0.518. The van der Waals surface area contributed by atoms with Crippen molar-refractivity contribution in [3.8, 4) is 0 Å². The Bertz CT molecular complexity index is 159. The van der Waals surface area contributed by atoms with Crippen LogP contribution in [0.1, 0.15) is 39.0 Å². The lowest BCUT2D eigenvalue weighted by Gasteiger charge is -2.53. The molecule has 0 aromatic heterocycles. The molecule has 0 spiro atoms. The maximum Gasteiger partial charge on any atom is 0.146 e. The van der Waals surface area contributed by atoms with Gasteiger partial charge < -0.3 is 0 Å². The van der Waals surface area contributed by atoms with E-state index in [1.54, 1.807) is 32.1 Å². The van der Waals surface area contributed by atoms with Crippen molar-refractivity contribution >= 4 is 6.71 Å². The van der Waals surface area contributed by atoms with E-state index >= 15 is 0 Å². The smallest absolute Gasteiger partial charge is 0.0766 e. The lowest BCUT2D eigenvalue weighted by molar-refractivity contribution is 0.162. The zero-order valence-electron chi connectivity index (χ0n) is 8.13. The minimum absolute atomic E-state index is 1.14. The molecule has 0 N–H and O–H groups in total. The first kappa shape index (κ1) is 7.47. The molecule has 0 atom stereocenters. The van der Waals surface area contributed by atoms with Crippen LogP contribution in [0.5, 0.6) is 0 Å². The minimum atomic E-state index is 1.14. The van der Waals surface area contributed by atoms with Gasteiger partial charge in [0.2, 0.25) is 0 Å². The Balaban J connectivity index is 1.86. The molecular weight excluding hydrogens is 143 g/mol. The second-order valence-corrected chi connectivity index (χ2v) is 5.50. The van der Waals surface area contributed by atoms with Crippen molar-refractivity contribution in [3.05, 3.63) is 0 Å². The Kier molecular flexibility index (Phi) is 1.57. The van der Waals surface area contributed by atoms with E-state index in [0.717, 1.165) is 30.2 Å². The van der Waals surface area contributed by atoms with E-state index < -0.39 is 0 Å². The van der Waals surface area contributed by atoms with E-state index in [1.165, 1.54) is 6.32 Å². The average Bonchev–Trinajstić information content (AvgIpc) is 2.02. The Morgan fingerprint density at radius 3 is 1.83 bits per heavy atom. The van der Waals surface area contributed by atoms with Crippen molar-refractivity contribution in [2.24, 2.45) is 11.8 Å². The highest BCUT2D eigenvalue weighted by Gasteiger charge is 2.48. The van der Waals surface area contributed by atoms with Crippen molar-refractivity contribution in [2.75, 3.05) is 0 Å². The molecule has 12 heavy (non-hydrogen) atoms. The van der Waals surface area contributed by atoms with Crippen molar-refractivity contribution in [1.82, 2.24) is 0 Å². The standard InChI is InChI=1S/C11H19B/c1-2-12-10-4-8-3-9(6-10)7-11(12)5-8/h8-11H,2-7H2,1H3. The molecule has 1 heteroatoms. The summed E-state index contributed by atoms with van der Waals surface area (Å²) in [4.78, 5) is 0. The van der Waals surface area contributed by atoms with Gasteiger partial charge >= 0.3 is 0 Å². The molecule has 2 heterocycles. The predicted octanol–water partition coefficient (Wildman–Crippen LogP) is 3.47. The Hall–Kier alpha value is 0.0649. The molecular formula is C11H19B. The third-order valence-electron chi connectivity index (χ3n) is 4.89. The third kappa shape index (κ3) is 0.915. The van der Waals surface area contributed by atoms with Gasteiger partial charge in [0, 0.05) is 0 Å². The highest BCUT2D eigenvalue weighted by Crippen LogP contribution is 2.59. The molecule has 2 aliphatic carbocycles. The van der Waals surface area contributed by atoms with E-state index in [0.29, 0.717) is 0 Å². The van der Waals surface area contributed by atoms with Crippen LogP contribution in [-0.4, -0.2) is 6.71 Å². The van der Waals surface area contributed by atoms with E-state index in [1.807, 2.05) is 0 Å². The Morgan fingerprint density at radius 1 is 0.917 bits per heavy atom. The fourth-order valence-corrected chi connectivity index (χ4v) is 4.70. The lowest BCUT2D eigenvalue weighted by atomic mass is 9.22. The highest BCUT2D eigenvalue weighted by atomic mass is 14.4. The molecule has 4 aliphatic rings. The topological polar surface area (TPSA) is 0 Å². The van der Waals surface area contributed by atoms with Crippen LogP contribution in [0, 0.1) is 11.8 Å². The summed E-state index contributed by atoms with van der Waals surface area (Å²) >= 11 is 0. The van der Waals surface area contributed by atoms with Gasteiger partial charge in [0.25, 0.3) is 0 Å². The van der Waals surface area contributed by atoms with Crippen LogP contribution in [0.25, 0.3) is 0 Å². The molecule has 2 saturated heterocycles. The SMILES string of the molecule is CCB1C2CC3CC(C2)CC1C3. The summed E-state index contributed by atoms with van der Waals surface area (Å²) in [6.07, 6.45) is 9.48. The van der Waals surface area contributed by atoms with E-state index in [2.05, 4.69) is 6.92 Å². The van der Waals surface area contributed by atoms with Crippen LogP contribution in [0.3, 0.4) is 0 Å². The fourth-order valence-electron chi connectivity index (χ4n) is 4.70. The highest BCUT2D eigenvalue weighted by molar-refractivity contribution is 6.62. The molecule has 4 bridgehead atoms. The van der Waals surface area contributed by atoms with Crippen molar-refractivity contribution in [1.29, 1.82) is 0 Å². The first-order valence-electron chi connectivity index (χ1n) is 5.86. The third-order valence-corrected chi connectivity index (χ3v) is 4.89. The van der Waals surface area contributed by atoms with Crippen LogP contribution < -0.4 is 0 Å². The Morgan fingerprint density at radius 2 is 1.42 bits per heavy atom. The maximum absolute atomic E-state index is 2.41. The number of hydrogen-bond acceptors (Lipinski definition) is 0. The van der Waals surface area contributed by atoms with Gasteiger partial charge in [-0.1, -0.05) is 50.6 Å². The lowest BCUT2D eigenvalue weighted by Crippen LogP contribution is -2.45. The van der Waals surface area contributed by atoms with Crippen LogP contribution in [-0.2, 0) is 0 Å². The van der Waals surface area contributed by atoms with Crippen LogP contribution in [0.15, 0.2) is 0 Å². The van der Waals surface area contributed by atoms with Crippen molar-refractivity contribution < 1.29 is 0 Å². The number of hydrogen-bond donors (Lipinski definition) is 0. The summed E-state index contributed by atoms with van der Waals surface area (Å²) < 4.78 is 0. The summed E-state index contributed by atoms with van der Waals surface area (Å²) in [5.41, 5.74) is 0. The van der Waals surface area contributed by atoms with E-state index in [4.69, 9.17) is 0 Å². The van der Waals surface area contributed by atoms with Crippen molar-refractivity contribution in [2.45, 2.75) is 57.0 Å². The van der Waals surface area contributed by atoms with Gasteiger partial charge in [0.05, 0.1) is 0 Å². The monoisotopic (exact) mass is 162 g/mol. The molecule has 0 nitrogen and oxygen atoms in total. The normalized spacial score (nSPS) is 50.2. The van der Waals surface area contributed by atoms with Crippen LogP contribution in [0.4, 0.5) is 0 Å². The average molecular weight is 162 g/mol. The van der Waals surface area contributed by atoms with Gasteiger partial charge in [-0.3, -0.25) is 0 Å². The first-order chi connectivity index (χ1) is 5.86. The minimum Gasteiger partial charge on any atom is -0.0766 e. The maximum atomic E-state index is 2.41. The van der Waals surface area contributed by atoms with E-state index in [-0.39, 0.29) is 0 Å². The summed E-state index contributed by atoms with van der Waals surface area (Å²) in [5, 5.41) is 0. The zero-order chi connectivity index (χ0) is 8.13. The molecule has 2 saturated carbocycles. The van der Waals surface area contributed by atoms with Gasteiger partial charge in [-0.25, -0.2) is 0 Å². The summed E-state index contributed by atoms with van der Waals surface area (Å²) in [6.45, 7) is 3.55. The van der Waals surface area contributed by atoms with Gasteiger partial charge in [-0.15, -0.1) is 0 Å². The molecule has 0 aromatic rings. The second kappa shape index (κ2) is 2.53. The predicted molar refractivity (Wildman–Crippen MR) is 53.8 cm³/mol. The van der Waals surface area contributed by atoms with Crippen LogP contribution >= 0.6 is 0 Å². The zero-order valence-corrected chi connectivity index (χ0v) is 8.13. The fraction of sp³-hybridized carbons (Fsp3) is 1.00.